The van der Waals surface area contributed by atoms with E-state index in [4.69, 9.17) is 25.8 Å². The number of aliphatic carboxylic acids is 1. The zero-order chi connectivity index (χ0) is 22.7. The van der Waals surface area contributed by atoms with Crippen LogP contribution in [-0.2, 0) is 15.7 Å². The zero-order valence-corrected chi connectivity index (χ0v) is 16.8. The first-order valence-corrected chi connectivity index (χ1v) is 8.84. The first-order valence-electron chi connectivity index (χ1n) is 8.46. The van der Waals surface area contributed by atoms with Crippen LogP contribution in [0.5, 0.6) is 17.2 Å². The number of rotatable bonds is 7. The predicted octanol–water partition coefficient (Wildman–Crippen LogP) is 5.28. The number of nitriles is 1. The fourth-order valence-corrected chi connectivity index (χ4v) is 2.60. The van der Waals surface area contributed by atoms with Crippen LogP contribution in [0.3, 0.4) is 0 Å². The average molecular weight is 444 g/mol. The fourth-order valence-electron chi connectivity index (χ4n) is 2.38. The summed E-state index contributed by atoms with van der Waals surface area (Å²) in [6.07, 6.45) is -5.44. The van der Waals surface area contributed by atoms with Gasteiger partial charge in [0.25, 0.3) is 0 Å². The average Bonchev–Trinajstić information content (AvgIpc) is 2.68. The molecule has 0 saturated heterocycles. The van der Waals surface area contributed by atoms with Crippen LogP contribution in [-0.4, -0.2) is 29.9 Å². The first-order chi connectivity index (χ1) is 13.9. The van der Waals surface area contributed by atoms with E-state index in [1.165, 1.54) is 39.2 Å². The van der Waals surface area contributed by atoms with Gasteiger partial charge in [0.1, 0.15) is 29.4 Å². The van der Waals surface area contributed by atoms with E-state index in [0.29, 0.717) is 0 Å². The van der Waals surface area contributed by atoms with Crippen molar-refractivity contribution < 1.29 is 37.3 Å². The largest absolute Gasteiger partial charge is 0.478 e. The standard InChI is InChI=1S/C20H17ClF3NO5/c1-11(28-3)19(2,18(26)27)30-17-9-14(6-4-12(17)10-25)29-16-7-5-13(8-15(16)21)20(22,23)24/h4-9,11H,1-3H3,(H,26,27). The first kappa shape index (κ1) is 23.3. The predicted molar refractivity (Wildman–Crippen MR) is 101 cm³/mol. The van der Waals surface area contributed by atoms with Crippen LogP contribution in [0.1, 0.15) is 25.0 Å². The normalized spacial score (nSPS) is 14.3. The molecule has 0 heterocycles. The Kier molecular flexibility index (Phi) is 6.85. The molecule has 2 rings (SSSR count). The van der Waals surface area contributed by atoms with Gasteiger partial charge >= 0.3 is 12.1 Å². The van der Waals surface area contributed by atoms with Crippen molar-refractivity contribution in [3.05, 3.63) is 52.5 Å². The van der Waals surface area contributed by atoms with Crippen LogP contribution in [0.15, 0.2) is 36.4 Å². The van der Waals surface area contributed by atoms with Crippen molar-refractivity contribution in [2.45, 2.75) is 31.7 Å². The highest BCUT2D eigenvalue weighted by Crippen LogP contribution is 2.38. The molecule has 0 bridgehead atoms. The molecule has 0 radical (unpaired) electrons. The molecular weight excluding hydrogens is 427 g/mol. The SMILES string of the molecule is COC(C)C(C)(Oc1cc(Oc2ccc(C(F)(F)F)cc2Cl)ccc1C#N)C(=O)O. The summed E-state index contributed by atoms with van der Waals surface area (Å²) in [4.78, 5) is 11.7. The lowest BCUT2D eigenvalue weighted by Crippen LogP contribution is -2.51. The summed E-state index contributed by atoms with van der Waals surface area (Å²) in [6, 6.07) is 8.40. The summed E-state index contributed by atoms with van der Waals surface area (Å²) in [5.74, 6) is -1.42. The summed E-state index contributed by atoms with van der Waals surface area (Å²) < 4.78 is 54.5. The number of alkyl halides is 3. The number of methoxy groups -OCH3 is 1. The highest BCUT2D eigenvalue weighted by molar-refractivity contribution is 6.32. The van der Waals surface area contributed by atoms with Crippen molar-refractivity contribution in [1.82, 2.24) is 0 Å². The van der Waals surface area contributed by atoms with Crippen molar-refractivity contribution in [3.8, 4) is 23.3 Å². The number of nitrogens with zero attached hydrogens (tertiary/aromatic N) is 1. The Bertz CT molecular complexity index is 989. The van der Waals surface area contributed by atoms with Gasteiger partial charge in [0, 0.05) is 13.2 Å². The van der Waals surface area contributed by atoms with Gasteiger partial charge in [0.2, 0.25) is 5.60 Å². The lowest BCUT2D eigenvalue weighted by Gasteiger charge is -2.31. The van der Waals surface area contributed by atoms with E-state index in [0.717, 1.165) is 18.2 Å². The number of hydrogen-bond donors (Lipinski definition) is 1. The minimum Gasteiger partial charge on any atom is -0.478 e. The number of carboxylic acids is 1. The molecule has 1 N–H and O–H groups in total. The molecule has 160 valence electrons. The second kappa shape index (κ2) is 8.81. The molecule has 10 heteroatoms. The van der Waals surface area contributed by atoms with E-state index >= 15 is 0 Å². The summed E-state index contributed by atoms with van der Waals surface area (Å²) >= 11 is 5.89. The summed E-state index contributed by atoms with van der Waals surface area (Å²) in [5, 5.41) is 18.6. The molecule has 0 aromatic heterocycles. The molecule has 0 aliphatic rings. The van der Waals surface area contributed by atoms with Crippen molar-refractivity contribution in [3.63, 3.8) is 0 Å². The molecule has 2 aromatic carbocycles. The van der Waals surface area contributed by atoms with Gasteiger partial charge in [-0.25, -0.2) is 4.79 Å². The van der Waals surface area contributed by atoms with E-state index < -0.39 is 29.4 Å². The third kappa shape index (κ3) is 4.96. The molecule has 0 fully saturated rings. The van der Waals surface area contributed by atoms with Crippen LogP contribution in [0, 0.1) is 11.3 Å². The van der Waals surface area contributed by atoms with Gasteiger partial charge in [-0.3, -0.25) is 0 Å². The zero-order valence-electron chi connectivity index (χ0n) is 16.1. The second-order valence-electron chi connectivity index (χ2n) is 6.41. The number of hydrogen-bond acceptors (Lipinski definition) is 5. The Hall–Kier alpha value is -2.96. The van der Waals surface area contributed by atoms with Gasteiger partial charge in [-0.15, -0.1) is 0 Å². The third-order valence-electron chi connectivity index (χ3n) is 4.44. The molecule has 2 atom stereocenters. The van der Waals surface area contributed by atoms with Gasteiger partial charge in [-0.05, 0) is 44.2 Å². The Morgan fingerprint density at radius 2 is 1.87 bits per heavy atom. The molecule has 0 saturated carbocycles. The van der Waals surface area contributed by atoms with Gasteiger partial charge in [0.05, 0.1) is 16.1 Å². The van der Waals surface area contributed by atoms with E-state index in [9.17, 15) is 28.3 Å². The summed E-state index contributed by atoms with van der Waals surface area (Å²) in [5.41, 5.74) is -2.74. The Balaban J connectivity index is 2.39. The maximum atomic E-state index is 12.8. The number of ether oxygens (including phenoxy) is 3. The topological polar surface area (TPSA) is 88.8 Å². The van der Waals surface area contributed by atoms with Crippen LogP contribution in [0.2, 0.25) is 5.02 Å². The molecule has 0 aliphatic carbocycles. The van der Waals surface area contributed by atoms with Crippen molar-refractivity contribution in [2.75, 3.05) is 7.11 Å². The fraction of sp³-hybridized carbons (Fsp3) is 0.300. The van der Waals surface area contributed by atoms with E-state index in [-0.39, 0.29) is 27.8 Å². The molecule has 0 spiro atoms. The minimum atomic E-state index is -4.56. The lowest BCUT2D eigenvalue weighted by molar-refractivity contribution is -0.165. The van der Waals surface area contributed by atoms with Crippen molar-refractivity contribution >= 4 is 17.6 Å². The van der Waals surface area contributed by atoms with Crippen LogP contribution < -0.4 is 9.47 Å². The quantitative estimate of drug-likeness (QED) is 0.626. The maximum absolute atomic E-state index is 12.8. The number of benzene rings is 2. The third-order valence-corrected chi connectivity index (χ3v) is 4.73. The molecule has 0 amide bonds. The van der Waals surface area contributed by atoms with Gasteiger partial charge in [-0.2, -0.15) is 18.4 Å². The Morgan fingerprint density at radius 1 is 1.20 bits per heavy atom. The van der Waals surface area contributed by atoms with Gasteiger partial charge in [-0.1, -0.05) is 11.6 Å². The summed E-state index contributed by atoms with van der Waals surface area (Å²) in [6.45, 7) is 2.77. The molecule has 0 aliphatic heterocycles. The number of carbonyl (C=O) groups is 1. The molecule has 6 nitrogen and oxygen atoms in total. The highest BCUT2D eigenvalue weighted by Gasteiger charge is 2.43. The molecular formula is C20H17ClF3NO5. The molecule has 2 unspecified atom stereocenters. The van der Waals surface area contributed by atoms with Gasteiger partial charge < -0.3 is 19.3 Å². The van der Waals surface area contributed by atoms with E-state index in [2.05, 4.69) is 0 Å². The Labute approximate surface area is 175 Å². The van der Waals surface area contributed by atoms with Crippen molar-refractivity contribution in [2.24, 2.45) is 0 Å². The number of carboxylic acid groups (broad SMARTS) is 1. The number of halogens is 4. The minimum absolute atomic E-state index is 0.0247. The Morgan fingerprint density at radius 3 is 2.37 bits per heavy atom. The second-order valence-corrected chi connectivity index (χ2v) is 6.81. The molecule has 30 heavy (non-hydrogen) atoms. The monoisotopic (exact) mass is 443 g/mol. The van der Waals surface area contributed by atoms with E-state index in [1.54, 1.807) is 0 Å². The highest BCUT2D eigenvalue weighted by atomic mass is 35.5. The van der Waals surface area contributed by atoms with E-state index in [1.807, 2.05) is 6.07 Å². The smallest absolute Gasteiger partial charge is 0.416 e. The van der Waals surface area contributed by atoms with Crippen molar-refractivity contribution in [1.29, 1.82) is 5.26 Å². The van der Waals surface area contributed by atoms with Crippen LogP contribution in [0.25, 0.3) is 0 Å². The molecule has 2 aromatic rings. The summed E-state index contributed by atoms with van der Waals surface area (Å²) in [7, 11) is 1.31. The van der Waals surface area contributed by atoms with Crippen LogP contribution in [0.4, 0.5) is 13.2 Å². The lowest BCUT2D eigenvalue weighted by atomic mass is 10.00. The van der Waals surface area contributed by atoms with Crippen LogP contribution >= 0.6 is 11.6 Å². The maximum Gasteiger partial charge on any atom is 0.416 e. The van der Waals surface area contributed by atoms with Gasteiger partial charge in [0.15, 0.2) is 0 Å².